The molecule has 2 aromatic rings. The third-order valence-electron chi connectivity index (χ3n) is 2.20. The van der Waals surface area contributed by atoms with Crippen LogP contribution in [0.4, 0.5) is 5.69 Å². The fourth-order valence-electron chi connectivity index (χ4n) is 1.20. The largest absolute Gasteiger partial charge is 0.471 e. The highest BCUT2D eigenvalue weighted by molar-refractivity contribution is 9.10. The standard InChI is InChI=1S/C11H11BrN2OS/c1-7-9(13)5-14-11(10(7)12)15-6-8-3-2-4-16-8/h2-5H,6,13H2,1H3. The van der Waals surface area contributed by atoms with Crippen molar-refractivity contribution in [3.8, 4) is 5.88 Å². The van der Waals surface area contributed by atoms with Gasteiger partial charge in [-0.2, -0.15) is 0 Å². The fraction of sp³-hybridized carbons (Fsp3) is 0.182. The minimum atomic E-state index is 0.534. The molecule has 0 radical (unpaired) electrons. The first-order valence-electron chi connectivity index (χ1n) is 4.74. The van der Waals surface area contributed by atoms with Gasteiger partial charge >= 0.3 is 0 Å². The molecule has 0 aliphatic carbocycles. The number of ether oxygens (including phenoxy) is 1. The molecule has 0 saturated heterocycles. The van der Waals surface area contributed by atoms with E-state index in [-0.39, 0.29) is 0 Å². The molecular formula is C11H11BrN2OS. The summed E-state index contributed by atoms with van der Waals surface area (Å²) in [6, 6.07) is 4.03. The maximum absolute atomic E-state index is 5.73. The molecule has 2 rings (SSSR count). The van der Waals surface area contributed by atoms with Crippen LogP contribution in [0.5, 0.6) is 5.88 Å². The zero-order valence-electron chi connectivity index (χ0n) is 8.74. The van der Waals surface area contributed by atoms with Crippen molar-refractivity contribution >= 4 is 33.0 Å². The van der Waals surface area contributed by atoms with Gasteiger partial charge < -0.3 is 10.5 Å². The first kappa shape index (κ1) is 11.4. The molecule has 0 saturated carbocycles. The van der Waals surface area contributed by atoms with E-state index in [1.807, 2.05) is 24.4 Å². The van der Waals surface area contributed by atoms with E-state index in [1.165, 1.54) is 4.88 Å². The summed E-state index contributed by atoms with van der Waals surface area (Å²) in [5.41, 5.74) is 7.35. The summed E-state index contributed by atoms with van der Waals surface area (Å²) in [6.45, 7) is 2.46. The van der Waals surface area contributed by atoms with Crippen LogP contribution in [0.3, 0.4) is 0 Å². The number of nitrogens with zero attached hydrogens (tertiary/aromatic N) is 1. The predicted molar refractivity (Wildman–Crippen MR) is 69.7 cm³/mol. The number of hydrogen-bond donors (Lipinski definition) is 1. The van der Waals surface area contributed by atoms with Gasteiger partial charge in [-0.25, -0.2) is 4.98 Å². The van der Waals surface area contributed by atoms with Crippen LogP contribution in [0.25, 0.3) is 0 Å². The Labute approximate surface area is 106 Å². The van der Waals surface area contributed by atoms with Crippen molar-refractivity contribution in [1.29, 1.82) is 0 Å². The van der Waals surface area contributed by atoms with Crippen LogP contribution in [-0.4, -0.2) is 4.98 Å². The Balaban J connectivity index is 2.13. The molecule has 2 aromatic heterocycles. The monoisotopic (exact) mass is 298 g/mol. The van der Waals surface area contributed by atoms with Gasteiger partial charge in [0.1, 0.15) is 6.61 Å². The van der Waals surface area contributed by atoms with E-state index >= 15 is 0 Å². The second kappa shape index (κ2) is 4.84. The van der Waals surface area contributed by atoms with Crippen LogP contribution < -0.4 is 10.5 Å². The molecule has 0 fully saturated rings. The lowest BCUT2D eigenvalue weighted by atomic mass is 10.2. The molecule has 0 aliphatic heterocycles. The van der Waals surface area contributed by atoms with Crippen molar-refractivity contribution in [3.05, 3.63) is 38.6 Å². The lowest BCUT2D eigenvalue weighted by Crippen LogP contribution is -1.99. The van der Waals surface area contributed by atoms with E-state index in [1.54, 1.807) is 17.5 Å². The van der Waals surface area contributed by atoms with Crippen LogP contribution in [0.2, 0.25) is 0 Å². The Bertz CT molecular complexity index is 485. The van der Waals surface area contributed by atoms with Crippen molar-refractivity contribution in [2.45, 2.75) is 13.5 Å². The minimum absolute atomic E-state index is 0.534. The zero-order chi connectivity index (χ0) is 11.5. The van der Waals surface area contributed by atoms with Crippen LogP contribution in [0, 0.1) is 6.92 Å². The first-order valence-corrected chi connectivity index (χ1v) is 6.41. The van der Waals surface area contributed by atoms with Crippen molar-refractivity contribution in [3.63, 3.8) is 0 Å². The topological polar surface area (TPSA) is 48.1 Å². The zero-order valence-corrected chi connectivity index (χ0v) is 11.1. The summed E-state index contributed by atoms with van der Waals surface area (Å²) in [5.74, 6) is 0.583. The highest BCUT2D eigenvalue weighted by atomic mass is 79.9. The molecule has 0 aliphatic rings. The number of nitrogen functional groups attached to an aromatic ring is 1. The number of hydrogen-bond acceptors (Lipinski definition) is 4. The van der Waals surface area contributed by atoms with Gasteiger partial charge in [0.2, 0.25) is 5.88 Å². The van der Waals surface area contributed by atoms with E-state index in [9.17, 15) is 0 Å². The maximum Gasteiger partial charge on any atom is 0.228 e. The molecule has 0 atom stereocenters. The molecule has 0 amide bonds. The van der Waals surface area contributed by atoms with Crippen LogP contribution in [0.15, 0.2) is 28.2 Å². The average Bonchev–Trinajstić information content (AvgIpc) is 2.78. The van der Waals surface area contributed by atoms with Gasteiger partial charge in [-0.1, -0.05) is 6.07 Å². The van der Waals surface area contributed by atoms with E-state index in [0.29, 0.717) is 18.2 Å². The quantitative estimate of drug-likeness (QED) is 0.945. The summed E-state index contributed by atoms with van der Waals surface area (Å²) < 4.78 is 6.44. The molecule has 5 heteroatoms. The number of pyridine rings is 1. The van der Waals surface area contributed by atoms with Crippen molar-refractivity contribution in [2.75, 3.05) is 5.73 Å². The molecule has 0 aromatic carbocycles. The lowest BCUT2D eigenvalue weighted by Gasteiger charge is -2.09. The third-order valence-corrected chi connectivity index (χ3v) is 3.99. The summed E-state index contributed by atoms with van der Waals surface area (Å²) in [7, 11) is 0. The highest BCUT2D eigenvalue weighted by Crippen LogP contribution is 2.30. The van der Waals surface area contributed by atoms with Crippen LogP contribution in [-0.2, 0) is 6.61 Å². The van der Waals surface area contributed by atoms with E-state index in [0.717, 1.165) is 10.0 Å². The number of halogens is 1. The van der Waals surface area contributed by atoms with Crippen molar-refractivity contribution in [2.24, 2.45) is 0 Å². The Hall–Kier alpha value is -1.07. The van der Waals surface area contributed by atoms with E-state index in [2.05, 4.69) is 20.9 Å². The molecule has 84 valence electrons. The molecule has 2 N–H and O–H groups in total. The number of rotatable bonds is 3. The Morgan fingerprint density at radius 1 is 1.56 bits per heavy atom. The smallest absolute Gasteiger partial charge is 0.228 e. The Kier molecular flexibility index (Phi) is 3.46. The van der Waals surface area contributed by atoms with Crippen molar-refractivity contribution < 1.29 is 4.74 Å². The van der Waals surface area contributed by atoms with Gasteiger partial charge in [0.25, 0.3) is 0 Å². The lowest BCUT2D eigenvalue weighted by molar-refractivity contribution is 0.295. The molecule has 3 nitrogen and oxygen atoms in total. The summed E-state index contributed by atoms with van der Waals surface area (Å²) in [5, 5.41) is 2.02. The van der Waals surface area contributed by atoms with Gasteiger partial charge in [-0.15, -0.1) is 11.3 Å². The van der Waals surface area contributed by atoms with E-state index < -0.39 is 0 Å². The second-order valence-corrected chi connectivity index (χ2v) is 5.15. The number of aromatic nitrogens is 1. The molecule has 2 heterocycles. The Morgan fingerprint density at radius 3 is 3.06 bits per heavy atom. The van der Waals surface area contributed by atoms with Crippen LogP contribution >= 0.6 is 27.3 Å². The molecule has 16 heavy (non-hydrogen) atoms. The van der Waals surface area contributed by atoms with Gasteiger partial charge in [0, 0.05) is 4.88 Å². The first-order chi connectivity index (χ1) is 7.68. The molecule has 0 unspecified atom stereocenters. The van der Waals surface area contributed by atoms with Gasteiger partial charge in [0.15, 0.2) is 0 Å². The number of thiophene rings is 1. The fourth-order valence-corrected chi connectivity index (χ4v) is 2.27. The number of nitrogens with two attached hydrogens (primary N) is 1. The molecule has 0 spiro atoms. The normalized spacial score (nSPS) is 10.4. The highest BCUT2D eigenvalue weighted by Gasteiger charge is 2.08. The SMILES string of the molecule is Cc1c(N)cnc(OCc2cccs2)c1Br. The predicted octanol–water partition coefficient (Wildman–Crippen LogP) is 3.38. The van der Waals surface area contributed by atoms with Crippen molar-refractivity contribution in [1.82, 2.24) is 4.98 Å². The van der Waals surface area contributed by atoms with E-state index in [4.69, 9.17) is 10.5 Å². The van der Waals surface area contributed by atoms with Gasteiger partial charge in [-0.05, 0) is 39.9 Å². The summed E-state index contributed by atoms with van der Waals surface area (Å²) in [6.07, 6.45) is 1.61. The third kappa shape index (κ3) is 2.36. The molecular weight excluding hydrogens is 288 g/mol. The van der Waals surface area contributed by atoms with Gasteiger partial charge in [0.05, 0.1) is 16.4 Å². The maximum atomic E-state index is 5.73. The minimum Gasteiger partial charge on any atom is -0.471 e. The van der Waals surface area contributed by atoms with Gasteiger partial charge in [-0.3, -0.25) is 0 Å². The summed E-state index contributed by atoms with van der Waals surface area (Å²) in [4.78, 5) is 5.32. The second-order valence-electron chi connectivity index (χ2n) is 3.33. The Morgan fingerprint density at radius 2 is 2.38 bits per heavy atom. The molecule has 0 bridgehead atoms. The average molecular weight is 299 g/mol. The summed E-state index contributed by atoms with van der Waals surface area (Å²) >= 11 is 5.09. The van der Waals surface area contributed by atoms with Crippen LogP contribution in [0.1, 0.15) is 10.4 Å². The number of anilines is 1.